The Labute approximate surface area is 186 Å². The molecule has 0 amide bonds. The number of aromatic nitrogens is 2. The van der Waals surface area contributed by atoms with Gasteiger partial charge in [-0.15, -0.1) is 0 Å². The van der Waals surface area contributed by atoms with E-state index in [9.17, 15) is 18.3 Å². The predicted octanol–water partition coefficient (Wildman–Crippen LogP) is 4.41. The number of carboxylic acid groups (broad SMARTS) is 1. The van der Waals surface area contributed by atoms with E-state index in [-0.39, 0.29) is 16.1 Å². The van der Waals surface area contributed by atoms with Gasteiger partial charge in [0.1, 0.15) is 0 Å². The van der Waals surface area contributed by atoms with Crippen molar-refractivity contribution in [3.05, 3.63) is 102 Å². The van der Waals surface area contributed by atoms with E-state index in [2.05, 4.69) is 28.9 Å². The molecule has 1 aromatic heterocycles. The number of sulfonamides is 1. The fraction of sp³-hybridized carbons (Fsp3) is 0.0833. The third kappa shape index (κ3) is 4.55. The predicted molar refractivity (Wildman–Crippen MR) is 122 cm³/mol. The van der Waals surface area contributed by atoms with Crippen molar-refractivity contribution in [1.29, 1.82) is 0 Å². The molecule has 32 heavy (non-hydrogen) atoms. The Morgan fingerprint density at radius 3 is 2.38 bits per heavy atom. The first-order chi connectivity index (χ1) is 15.3. The van der Waals surface area contributed by atoms with Crippen molar-refractivity contribution in [3.8, 4) is 11.1 Å². The third-order valence-corrected chi connectivity index (χ3v) is 6.51. The van der Waals surface area contributed by atoms with Gasteiger partial charge in [-0.05, 0) is 47.9 Å². The maximum Gasteiger partial charge on any atom is 0.337 e. The summed E-state index contributed by atoms with van der Waals surface area (Å²) in [5.41, 5.74) is 3.96. The van der Waals surface area contributed by atoms with Crippen molar-refractivity contribution in [1.82, 2.24) is 9.78 Å². The molecule has 0 unspecified atom stereocenters. The fourth-order valence-corrected chi connectivity index (χ4v) is 4.43. The maximum atomic E-state index is 12.7. The number of anilines is 1. The summed E-state index contributed by atoms with van der Waals surface area (Å²) in [6, 6.07) is 20.4. The largest absolute Gasteiger partial charge is 0.478 e. The summed E-state index contributed by atoms with van der Waals surface area (Å²) < 4.78 is 29.7. The Balaban J connectivity index is 1.53. The molecule has 0 radical (unpaired) electrons. The molecule has 0 saturated carbocycles. The number of hydrogen-bond donors (Lipinski definition) is 2. The Bertz CT molecular complexity index is 1380. The van der Waals surface area contributed by atoms with Gasteiger partial charge in [-0.1, -0.05) is 48.5 Å². The molecular weight excluding hydrogens is 426 g/mol. The molecule has 0 aliphatic rings. The lowest BCUT2D eigenvalue weighted by Gasteiger charge is -2.11. The van der Waals surface area contributed by atoms with Crippen molar-refractivity contribution >= 4 is 21.7 Å². The van der Waals surface area contributed by atoms with E-state index >= 15 is 0 Å². The first-order valence-electron chi connectivity index (χ1n) is 9.86. The van der Waals surface area contributed by atoms with Crippen molar-refractivity contribution in [2.45, 2.75) is 18.4 Å². The molecule has 0 saturated heterocycles. The van der Waals surface area contributed by atoms with Gasteiger partial charge in [0.25, 0.3) is 10.0 Å². The summed E-state index contributed by atoms with van der Waals surface area (Å²) in [5, 5.41) is 13.7. The normalized spacial score (nSPS) is 11.3. The van der Waals surface area contributed by atoms with Crippen LogP contribution in [0.4, 0.5) is 5.69 Å². The minimum absolute atomic E-state index is 0.0153. The molecule has 0 fully saturated rings. The van der Waals surface area contributed by atoms with Gasteiger partial charge in [-0.3, -0.25) is 9.40 Å². The molecule has 0 aliphatic heterocycles. The van der Waals surface area contributed by atoms with Crippen LogP contribution in [0.2, 0.25) is 0 Å². The third-order valence-electron chi connectivity index (χ3n) is 5.13. The highest BCUT2D eigenvalue weighted by atomic mass is 32.2. The Kier molecular flexibility index (Phi) is 5.79. The molecule has 2 N–H and O–H groups in total. The smallest absolute Gasteiger partial charge is 0.337 e. The summed E-state index contributed by atoms with van der Waals surface area (Å²) in [6.07, 6.45) is 3.65. The number of benzene rings is 3. The number of nitrogens with one attached hydrogen (secondary N) is 1. The van der Waals surface area contributed by atoms with Crippen molar-refractivity contribution in [2.75, 3.05) is 4.72 Å². The van der Waals surface area contributed by atoms with Gasteiger partial charge < -0.3 is 5.11 Å². The van der Waals surface area contributed by atoms with E-state index in [0.717, 1.165) is 11.1 Å². The standard InChI is InChI=1S/C24H21N3O4S/c1-17-6-2-3-7-19(17)15-27-16-20(14-25-27)18-10-12-21(13-11-18)32(30,31)26-23-9-5-4-8-22(23)24(28)29/h2-14,16,26H,15H2,1H3,(H,28,29). The summed E-state index contributed by atoms with van der Waals surface area (Å²) in [4.78, 5) is 11.4. The van der Waals surface area contributed by atoms with E-state index in [0.29, 0.717) is 6.54 Å². The number of aryl methyl sites for hydroxylation is 1. The molecule has 0 spiro atoms. The minimum atomic E-state index is -3.94. The van der Waals surface area contributed by atoms with Crippen LogP contribution in [-0.4, -0.2) is 29.3 Å². The quantitative estimate of drug-likeness (QED) is 0.437. The van der Waals surface area contributed by atoms with E-state index in [4.69, 9.17) is 0 Å². The lowest BCUT2D eigenvalue weighted by molar-refractivity contribution is 0.0698. The van der Waals surface area contributed by atoms with Crippen molar-refractivity contribution in [2.24, 2.45) is 0 Å². The number of nitrogens with zero attached hydrogens (tertiary/aromatic N) is 2. The van der Waals surface area contributed by atoms with Crippen molar-refractivity contribution < 1.29 is 18.3 Å². The van der Waals surface area contributed by atoms with E-state index in [1.807, 2.05) is 23.0 Å². The van der Waals surface area contributed by atoms with Crippen LogP contribution in [0.25, 0.3) is 11.1 Å². The summed E-state index contributed by atoms with van der Waals surface area (Å²) in [5.74, 6) is -1.21. The van der Waals surface area contributed by atoms with Crippen LogP contribution in [0.5, 0.6) is 0 Å². The minimum Gasteiger partial charge on any atom is -0.478 e. The molecule has 3 aromatic carbocycles. The molecule has 8 heteroatoms. The Hall–Kier alpha value is -3.91. The molecule has 7 nitrogen and oxygen atoms in total. The highest BCUT2D eigenvalue weighted by Gasteiger charge is 2.18. The van der Waals surface area contributed by atoms with Crippen LogP contribution in [0.1, 0.15) is 21.5 Å². The SMILES string of the molecule is Cc1ccccc1Cn1cc(-c2ccc(S(=O)(=O)Nc3ccccc3C(=O)O)cc2)cn1. The zero-order valence-electron chi connectivity index (χ0n) is 17.3. The average molecular weight is 448 g/mol. The molecule has 4 rings (SSSR count). The molecule has 0 atom stereocenters. The molecule has 162 valence electrons. The first-order valence-corrected chi connectivity index (χ1v) is 11.3. The van der Waals surface area contributed by atoms with Crippen LogP contribution >= 0.6 is 0 Å². The lowest BCUT2D eigenvalue weighted by atomic mass is 10.1. The second-order valence-electron chi connectivity index (χ2n) is 7.33. The molecule has 4 aromatic rings. The van der Waals surface area contributed by atoms with Gasteiger partial charge in [0.15, 0.2) is 0 Å². The second kappa shape index (κ2) is 8.68. The molecule has 1 heterocycles. The number of aromatic carboxylic acids is 1. The fourth-order valence-electron chi connectivity index (χ4n) is 3.35. The summed E-state index contributed by atoms with van der Waals surface area (Å²) in [6.45, 7) is 2.70. The Morgan fingerprint density at radius 1 is 0.969 bits per heavy atom. The van der Waals surface area contributed by atoms with E-state index < -0.39 is 16.0 Å². The van der Waals surface area contributed by atoms with Gasteiger partial charge in [-0.25, -0.2) is 13.2 Å². The van der Waals surface area contributed by atoms with Gasteiger partial charge in [-0.2, -0.15) is 5.10 Å². The number of carbonyl (C=O) groups is 1. The lowest BCUT2D eigenvalue weighted by Crippen LogP contribution is -2.15. The van der Waals surface area contributed by atoms with Crippen LogP contribution in [-0.2, 0) is 16.6 Å². The van der Waals surface area contributed by atoms with E-state index in [1.165, 1.54) is 41.5 Å². The first kappa shape index (κ1) is 21.3. The molecule has 0 bridgehead atoms. The number of hydrogen-bond acceptors (Lipinski definition) is 4. The highest BCUT2D eigenvalue weighted by molar-refractivity contribution is 7.92. The molecule has 0 aliphatic carbocycles. The van der Waals surface area contributed by atoms with Crippen molar-refractivity contribution in [3.63, 3.8) is 0 Å². The Morgan fingerprint density at radius 2 is 1.66 bits per heavy atom. The average Bonchev–Trinajstić information content (AvgIpc) is 3.24. The maximum absolute atomic E-state index is 12.7. The van der Waals surface area contributed by atoms with Crippen LogP contribution < -0.4 is 4.72 Å². The van der Waals surface area contributed by atoms with Crippen LogP contribution in [0.3, 0.4) is 0 Å². The number of carboxylic acids is 1. The van der Waals surface area contributed by atoms with Crippen LogP contribution in [0, 0.1) is 6.92 Å². The van der Waals surface area contributed by atoms with Crippen LogP contribution in [0.15, 0.2) is 90.1 Å². The number of para-hydroxylation sites is 1. The van der Waals surface area contributed by atoms with E-state index in [1.54, 1.807) is 24.4 Å². The van der Waals surface area contributed by atoms with Gasteiger partial charge in [0, 0.05) is 11.8 Å². The number of rotatable bonds is 7. The zero-order chi connectivity index (χ0) is 22.7. The van der Waals surface area contributed by atoms with Gasteiger partial charge in [0.2, 0.25) is 0 Å². The topological polar surface area (TPSA) is 101 Å². The zero-order valence-corrected chi connectivity index (χ0v) is 18.1. The highest BCUT2D eigenvalue weighted by Crippen LogP contribution is 2.24. The summed E-state index contributed by atoms with van der Waals surface area (Å²) in [7, 11) is -3.94. The summed E-state index contributed by atoms with van der Waals surface area (Å²) >= 11 is 0. The monoisotopic (exact) mass is 447 g/mol. The molecular formula is C24H21N3O4S. The second-order valence-corrected chi connectivity index (χ2v) is 9.02. The van der Waals surface area contributed by atoms with Gasteiger partial charge >= 0.3 is 5.97 Å². The van der Waals surface area contributed by atoms with Gasteiger partial charge in [0.05, 0.1) is 28.9 Å².